The second-order valence-corrected chi connectivity index (χ2v) is 7.64. The highest BCUT2D eigenvalue weighted by Crippen LogP contribution is 2.19. The van der Waals surface area contributed by atoms with Crippen LogP contribution in [0.4, 0.5) is 4.39 Å². The largest absolute Gasteiger partial charge is 0.352 e. The molecular formula is C20H30FN3O2. The van der Waals surface area contributed by atoms with Crippen molar-refractivity contribution in [2.45, 2.75) is 52.6 Å². The molecule has 0 aromatic heterocycles. The summed E-state index contributed by atoms with van der Waals surface area (Å²) in [6.45, 7) is 7.23. The predicted octanol–water partition coefficient (Wildman–Crippen LogP) is 2.36. The molecule has 3 N–H and O–H groups in total. The fourth-order valence-electron chi connectivity index (χ4n) is 3.29. The van der Waals surface area contributed by atoms with Crippen LogP contribution in [0.5, 0.6) is 0 Å². The van der Waals surface area contributed by atoms with Gasteiger partial charge in [0.25, 0.3) is 0 Å². The van der Waals surface area contributed by atoms with Crippen LogP contribution in [0.15, 0.2) is 18.2 Å². The lowest BCUT2D eigenvalue weighted by molar-refractivity contribution is -0.137. The van der Waals surface area contributed by atoms with Gasteiger partial charge in [-0.2, -0.15) is 0 Å². The molecule has 2 amide bonds. The van der Waals surface area contributed by atoms with Gasteiger partial charge in [-0.1, -0.05) is 26.0 Å². The van der Waals surface area contributed by atoms with Crippen LogP contribution in [-0.4, -0.2) is 35.8 Å². The highest BCUT2D eigenvalue weighted by atomic mass is 19.1. The topological polar surface area (TPSA) is 75.4 Å². The van der Waals surface area contributed by atoms with Crippen molar-refractivity contribution in [3.05, 3.63) is 35.1 Å². The zero-order valence-corrected chi connectivity index (χ0v) is 15.9. The Balaban J connectivity index is 1.78. The van der Waals surface area contributed by atoms with Gasteiger partial charge in [0.15, 0.2) is 0 Å². The minimum absolute atomic E-state index is 0.0207. The Hall–Kier alpha value is -1.95. The number of piperidine rings is 1. The van der Waals surface area contributed by atoms with E-state index in [0.29, 0.717) is 50.4 Å². The maximum Gasteiger partial charge on any atom is 0.239 e. The van der Waals surface area contributed by atoms with Crippen LogP contribution in [0.25, 0.3) is 0 Å². The predicted molar refractivity (Wildman–Crippen MR) is 99.7 cm³/mol. The number of rotatable bonds is 6. The SMILES string of the molecule is Cc1ccc(CNC(=O)C2CCN(C(=O)[C@@H](N)CC(C)C)CC2)cc1F. The number of carbonyl (C=O) groups excluding carboxylic acids is 2. The molecule has 0 spiro atoms. The van der Waals surface area contributed by atoms with E-state index in [4.69, 9.17) is 5.73 Å². The number of hydrogen-bond acceptors (Lipinski definition) is 3. The average Bonchev–Trinajstić information content (AvgIpc) is 2.61. The summed E-state index contributed by atoms with van der Waals surface area (Å²) in [7, 11) is 0. The number of halogens is 1. The van der Waals surface area contributed by atoms with Crippen LogP contribution in [0, 0.1) is 24.6 Å². The molecule has 26 heavy (non-hydrogen) atoms. The first-order chi connectivity index (χ1) is 12.3. The molecule has 0 unspecified atom stereocenters. The summed E-state index contributed by atoms with van der Waals surface area (Å²) in [5, 5.41) is 2.87. The molecular weight excluding hydrogens is 333 g/mol. The summed E-state index contributed by atoms with van der Waals surface area (Å²) in [6, 6.07) is 4.52. The lowest BCUT2D eigenvalue weighted by Crippen LogP contribution is -2.49. The molecule has 1 aromatic rings. The van der Waals surface area contributed by atoms with Crippen LogP contribution in [0.3, 0.4) is 0 Å². The second kappa shape index (κ2) is 9.12. The molecule has 1 saturated heterocycles. The first-order valence-corrected chi connectivity index (χ1v) is 9.35. The van der Waals surface area contributed by atoms with Gasteiger partial charge in [-0.05, 0) is 49.3 Å². The van der Waals surface area contributed by atoms with Gasteiger partial charge in [0, 0.05) is 25.6 Å². The molecule has 5 nitrogen and oxygen atoms in total. The van der Waals surface area contributed by atoms with E-state index in [1.165, 1.54) is 6.07 Å². The maximum absolute atomic E-state index is 13.6. The van der Waals surface area contributed by atoms with Crippen molar-refractivity contribution in [1.29, 1.82) is 0 Å². The van der Waals surface area contributed by atoms with Gasteiger partial charge in [0.05, 0.1) is 6.04 Å². The minimum atomic E-state index is -0.461. The summed E-state index contributed by atoms with van der Waals surface area (Å²) in [5.74, 6) is -0.0573. The zero-order valence-electron chi connectivity index (χ0n) is 15.9. The molecule has 1 aliphatic rings. The van der Waals surface area contributed by atoms with E-state index in [1.54, 1.807) is 17.9 Å². The van der Waals surface area contributed by atoms with E-state index in [0.717, 1.165) is 5.56 Å². The van der Waals surface area contributed by atoms with Gasteiger partial charge >= 0.3 is 0 Å². The van der Waals surface area contributed by atoms with Crippen LogP contribution >= 0.6 is 0 Å². The number of aryl methyl sites for hydroxylation is 1. The Morgan fingerprint density at radius 3 is 2.54 bits per heavy atom. The third kappa shape index (κ3) is 5.53. The number of likely N-dealkylation sites (tertiary alicyclic amines) is 1. The molecule has 0 saturated carbocycles. The second-order valence-electron chi connectivity index (χ2n) is 7.64. The van der Waals surface area contributed by atoms with Crippen LogP contribution in [0.2, 0.25) is 0 Å². The summed E-state index contributed by atoms with van der Waals surface area (Å²) in [5.41, 5.74) is 7.31. The Morgan fingerprint density at radius 2 is 1.96 bits per heavy atom. The van der Waals surface area contributed by atoms with Crippen molar-refractivity contribution in [3.8, 4) is 0 Å². The number of hydrogen-bond donors (Lipinski definition) is 2. The monoisotopic (exact) mass is 363 g/mol. The summed E-state index contributed by atoms with van der Waals surface area (Å²) >= 11 is 0. The molecule has 1 fully saturated rings. The summed E-state index contributed by atoms with van der Waals surface area (Å²) in [6.07, 6.45) is 1.94. The molecule has 0 bridgehead atoms. The number of nitrogens with zero attached hydrogens (tertiary/aromatic N) is 1. The Kier molecular flexibility index (Phi) is 7.14. The van der Waals surface area contributed by atoms with E-state index >= 15 is 0 Å². The molecule has 0 aliphatic carbocycles. The molecule has 6 heteroatoms. The van der Waals surface area contributed by atoms with E-state index < -0.39 is 6.04 Å². The number of carbonyl (C=O) groups is 2. The lowest BCUT2D eigenvalue weighted by atomic mass is 9.94. The van der Waals surface area contributed by atoms with Crippen LogP contribution < -0.4 is 11.1 Å². The Bertz CT molecular complexity index is 640. The minimum Gasteiger partial charge on any atom is -0.352 e. The summed E-state index contributed by atoms with van der Waals surface area (Å²) in [4.78, 5) is 26.5. The highest BCUT2D eigenvalue weighted by Gasteiger charge is 2.29. The first kappa shape index (κ1) is 20.4. The van der Waals surface area contributed by atoms with Gasteiger partial charge < -0.3 is 16.0 Å². The Morgan fingerprint density at radius 1 is 1.31 bits per heavy atom. The third-order valence-corrected chi connectivity index (χ3v) is 4.92. The van der Waals surface area contributed by atoms with Gasteiger partial charge in [0.1, 0.15) is 5.82 Å². The smallest absolute Gasteiger partial charge is 0.239 e. The van der Waals surface area contributed by atoms with Crippen LogP contribution in [0.1, 0.15) is 44.2 Å². The zero-order chi connectivity index (χ0) is 19.3. The average molecular weight is 363 g/mol. The third-order valence-electron chi connectivity index (χ3n) is 4.92. The van der Waals surface area contributed by atoms with Crippen molar-refractivity contribution in [3.63, 3.8) is 0 Å². The van der Waals surface area contributed by atoms with E-state index in [1.807, 2.05) is 19.9 Å². The van der Waals surface area contributed by atoms with Crippen molar-refractivity contribution < 1.29 is 14.0 Å². The number of amides is 2. The number of benzene rings is 1. The van der Waals surface area contributed by atoms with Crippen molar-refractivity contribution in [1.82, 2.24) is 10.2 Å². The van der Waals surface area contributed by atoms with E-state index in [2.05, 4.69) is 5.32 Å². The fourth-order valence-corrected chi connectivity index (χ4v) is 3.29. The van der Waals surface area contributed by atoms with Gasteiger partial charge in [-0.3, -0.25) is 9.59 Å². The number of nitrogens with one attached hydrogen (secondary N) is 1. The molecule has 1 aliphatic heterocycles. The van der Waals surface area contributed by atoms with Crippen molar-refractivity contribution >= 4 is 11.8 Å². The van der Waals surface area contributed by atoms with E-state index in [9.17, 15) is 14.0 Å². The fraction of sp³-hybridized carbons (Fsp3) is 0.600. The van der Waals surface area contributed by atoms with Crippen molar-refractivity contribution in [2.24, 2.45) is 17.6 Å². The highest BCUT2D eigenvalue weighted by molar-refractivity contribution is 5.82. The number of nitrogens with two attached hydrogens (primary N) is 1. The first-order valence-electron chi connectivity index (χ1n) is 9.35. The molecule has 0 radical (unpaired) electrons. The quantitative estimate of drug-likeness (QED) is 0.815. The Labute approximate surface area is 155 Å². The molecule has 1 aromatic carbocycles. The lowest BCUT2D eigenvalue weighted by Gasteiger charge is -2.33. The van der Waals surface area contributed by atoms with E-state index in [-0.39, 0.29) is 23.5 Å². The molecule has 144 valence electrons. The molecule has 2 rings (SSSR count). The van der Waals surface area contributed by atoms with Gasteiger partial charge in [-0.25, -0.2) is 4.39 Å². The maximum atomic E-state index is 13.6. The standard InChI is InChI=1S/C20H30FN3O2/c1-13(2)10-18(22)20(26)24-8-6-16(7-9-24)19(25)23-12-15-5-4-14(3)17(21)11-15/h4-5,11,13,16,18H,6-10,12,22H2,1-3H3,(H,23,25)/t18-/m0/s1. The molecule has 1 atom stereocenters. The molecule has 1 heterocycles. The van der Waals surface area contributed by atoms with Crippen LogP contribution in [-0.2, 0) is 16.1 Å². The van der Waals surface area contributed by atoms with Gasteiger partial charge in [-0.15, -0.1) is 0 Å². The normalized spacial score (nSPS) is 16.6. The summed E-state index contributed by atoms with van der Waals surface area (Å²) < 4.78 is 13.6. The van der Waals surface area contributed by atoms with Crippen molar-refractivity contribution in [2.75, 3.05) is 13.1 Å². The van der Waals surface area contributed by atoms with Gasteiger partial charge in [0.2, 0.25) is 11.8 Å².